The summed E-state index contributed by atoms with van der Waals surface area (Å²) in [5.41, 5.74) is 5.36. The molecule has 12 heteroatoms. The van der Waals surface area contributed by atoms with Crippen LogP contribution in [0.5, 0.6) is 0 Å². The number of hydrogen-bond acceptors (Lipinski definition) is 10. The average molecular weight is 800 g/mol. The first-order valence-corrected chi connectivity index (χ1v) is 23.1. The number of phosphoric ester groups is 1. The first kappa shape index (κ1) is 51.2. The fraction of sp³-hybridized carbons (Fsp3) is 0.814. The third-order valence-corrected chi connectivity index (χ3v) is 11.0. The highest BCUT2D eigenvalue weighted by Crippen LogP contribution is 2.43. The third-order valence-electron chi connectivity index (χ3n) is 10.0. The number of unbranched alkanes of at least 4 members (excludes halogenated alkanes) is 16. The number of carbonyl (C=O) groups is 2. The summed E-state index contributed by atoms with van der Waals surface area (Å²) >= 11 is 0. The summed E-state index contributed by atoms with van der Waals surface area (Å²) in [6.07, 6.45) is 32.9. The maximum absolute atomic E-state index is 12.7. The van der Waals surface area contributed by atoms with E-state index >= 15 is 0 Å². The largest absolute Gasteiger partial charge is 0.498 e. The number of Topliss-reactive ketones (excluding diaryl/α,β-unsaturated/α-hetero) is 1. The monoisotopic (exact) mass is 800 g/mol. The average Bonchev–Trinajstić information content (AvgIpc) is 3.43. The van der Waals surface area contributed by atoms with Crippen molar-refractivity contribution in [3.05, 3.63) is 36.6 Å². The van der Waals surface area contributed by atoms with Gasteiger partial charge >= 0.3 is 13.8 Å². The molecule has 0 spiro atoms. The Bertz CT molecular complexity index is 1100. The highest BCUT2D eigenvalue weighted by atomic mass is 31.2. The van der Waals surface area contributed by atoms with Gasteiger partial charge in [-0.05, 0) is 69.8 Å². The second kappa shape index (κ2) is 34.2. The van der Waals surface area contributed by atoms with Crippen molar-refractivity contribution < 1.29 is 47.8 Å². The highest BCUT2D eigenvalue weighted by molar-refractivity contribution is 7.47. The van der Waals surface area contributed by atoms with Crippen LogP contribution in [0.1, 0.15) is 168 Å². The van der Waals surface area contributed by atoms with Crippen molar-refractivity contribution in [2.24, 2.45) is 17.6 Å². The number of hydrogen-bond donors (Lipinski definition) is 4. The molecule has 1 aliphatic carbocycles. The molecule has 1 fully saturated rings. The number of esters is 1. The molecule has 0 bridgehead atoms. The highest BCUT2D eigenvalue weighted by Gasteiger charge is 2.39. The van der Waals surface area contributed by atoms with Crippen molar-refractivity contribution >= 4 is 19.6 Å². The number of carbonyl (C=O) groups excluding carboxylic acids is 2. The second-order valence-corrected chi connectivity index (χ2v) is 16.5. The number of nitrogens with two attached hydrogens (primary N) is 1. The first-order chi connectivity index (χ1) is 26.6. The Morgan fingerprint density at radius 1 is 0.836 bits per heavy atom. The van der Waals surface area contributed by atoms with Crippen molar-refractivity contribution in [3.63, 3.8) is 0 Å². The van der Waals surface area contributed by atoms with Crippen LogP contribution in [-0.4, -0.2) is 71.5 Å². The molecule has 1 rings (SSSR count). The normalized spacial score (nSPS) is 19.8. The maximum Gasteiger partial charge on any atom is 0.472 e. The van der Waals surface area contributed by atoms with E-state index < -0.39 is 32.1 Å². The molecule has 6 atom stereocenters. The van der Waals surface area contributed by atoms with Crippen LogP contribution in [0.3, 0.4) is 0 Å². The van der Waals surface area contributed by atoms with Crippen molar-refractivity contribution in [1.29, 1.82) is 0 Å². The molecule has 0 aromatic rings. The van der Waals surface area contributed by atoms with E-state index in [9.17, 15) is 29.3 Å². The van der Waals surface area contributed by atoms with Crippen LogP contribution >= 0.6 is 7.82 Å². The maximum atomic E-state index is 12.7. The Hall–Kier alpha value is -1.85. The van der Waals surface area contributed by atoms with Crippen LogP contribution < -0.4 is 5.73 Å². The summed E-state index contributed by atoms with van der Waals surface area (Å²) in [7, 11) is -4.36. The zero-order valence-corrected chi connectivity index (χ0v) is 35.3. The molecule has 1 saturated carbocycles. The van der Waals surface area contributed by atoms with Gasteiger partial charge in [0.25, 0.3) is 0 Å². The van der Waals surface area contributed by atoms with E-state index in [0.29, 0.717) is 19.3 Å². The molecule has 5 N–H and O–H groups in total. The zero-order valence-electron chi connectivity index (χ0n) is 34.4. The van der Waals surface area contributed by atoms with Gasteiger partial charge in [-0.1, -0.05) is 122 Å². The van der Waals surface area contributed by atoms with Gasteiger partial charge in [0.05, 0.1) is 31.7 Å². The predicted molar refractivity (Wildman–Crippen MR) is 220 cm³/mol. The van der Waals surface area contributed by atoms with Gasteiger partial charge in [0.1, 0.15) is 12.4 Å². The standard InChI is InChI=1S/C43H78NO10P/c1-3-5-7-8-9-10-11-12-13-14-15-16-17-18-21-25-32-51-35-38(36-53-55(49,50)52-33-31-44)54-43(48)28-24-20-19-23-27-39-40(42(47)34-41(39)46)30-29-37(45)26-22-6-4-2/h12-13,25,29-30,32,37-41,45-46H,3-11,14-24,26-28,31,33-36,44H2,1-2H3,(H,49,50)/b13-12-,30-29+,32-25+/t37-,38+,39+,40+,41-/m0/s1. The van der Waals surface area contributed by atoms with Crippen molar-refractivity contribution in [1.82, 2.24) is 0 Å². The number of ketones is 1. The van der Waals surface area contributed by atoms with Crippen LogP contribution in [0, 0.1) is 11.8 Å². The molecule has 320 valence electrons. The molecule has 0 heterocycles. The summed E-state index contributed by atoms with van der Waals surface area (Å²) in [6, 6.07) is 0. The molecule has 0 saturated heterocycles. The van der Waals surface area contributed by atoms with Gasteiger partial charge in [-0.3, -0.25) is 18.6 Å². The minimum absolute atomic E-state index is 0.0156. The Morgan fingerprint density at radius 3 is 2.11 bits per heavy atom. The van der Waals surface area contributed by atoms with Gasteiger partial charge in [-0.25, -0.2) is 4.57 Å². The summed E-state index contributed by atoms with van der Waals surface area (Å²) < 4.78 is 33.1. The van der Waals surface area contributed by atoms with Gasteiger partial charge in [-0.15, -0.1) is 0 Å². The minimum Gasteiger partial charge on any atom is -0.498 e. The molecule has 0 amide bonds. The van der Waals surface area contributed by atoms with E-state index in [1.54, 1.807) is 18.4 Å². The van der Waals surface area contributed by atoms with E-state index in [0.717, 1.165) is 64.2 Å². The second-order valence-electron chi connectivity index (χ2n) is 15.1. The van der Waals surface area contributed by atoms with Gasteiger partial charge < -0.3 is 30.3 Å². The lowest BCUT2D eigenvalue weighted by molar-refractivity contribution is -0.153. The van der Waals surface area contributed by atoms with Gasteiger partial charge in [-0.2, -0.15) is 0 Å². The summed E-state index contributed by atoms with van der Waals surface area (Å²) in [4.78, 5) is 35.1. The lowest BCUT2D eigenvalue weighted by atomic mass is 9.88. The fourth-order valence-electron chi connectivity index (χ4n) is 6.74. The van der Waals surface area contributed by atoms with E-state index in [-0.39, 0.29) is 56.8 Å². The first-order valence-electron chi connectivity index (χ1n) is 21.6. The molecular formula is C43H78NO10P. The molecular weight excluding hydrogens is 721 g/mol. The Labute approximate surface area is 333 Å². The van der Waals surface area contributed by atoms with E-state index in [1.807, 2.05) is 6.08 Å². The van der Waals surface area contributed by atoms with Crippen molar-refractivity contribution in [2.45, 2.75) is 186 Å². The molecule has 1 aliphatic rings. The van der Waals surface area contributed by atoms with Crippen LogP contribution in [0.15, 0.2) is 36.6 Å². The summed E-state index contributed by atoms with van der Waals surface area (Å²) in [5.74, 6) is -0.992. The number of rotatable bonds is 37. The quantitative estimate of drug-likeness (QED) is 0.0155. The molecule has 0 radical (unpaired) electrons. The number of ether oxygens (including phenoxy) is 2. The summed E-state index contributed by atoms with van der Waals surface area (Å²) in [5, 5.41) is 20.8. The predicted octanol–water partition coefficient (Wildman–Crippen LogP) is 9.57. The van der Waals surface area contributed by atoms with Crippen molar-refractivity contribution in [2.75, 3.05) is 26.4 Å². The molecule has 0 aromatic carbocycles. The molecule has 55 heavy (non-hydrogen) atoms. The Kier molecular flexibility index (Phi) is 31.8. The smallest absolute Gasteiger partial charge is 0.472 e. The lowest BCUT2D eigenvalue weighted by Crippen LogP contribution is -2.27. The molecule has 1 unspecified atom stereocenters. The van der Waals surface area contributed by atoms with Gasteiger partial charge in [0, 0.05) is 25.3 Å². The number of aliphatic hydroxyl groups is 2. The minimum atomic E-state index is -4.36. The van der Waals surface area contributed by atoms with E-state index in [4.69, 9.17) is 24.3 Å². The van der Waals surface area contributed by atoms with Crippen LogP contribution in [-0.2, 0) is 32.7 Å². The molecule has 11 nitrogen and oxygen atoms in total. The summed E-state index contributed by atoms with van der Waals surface area (Å²) in [6.45, 7) is 3.84. The fourth-order valence-corrected chi connectivity index (χ4v) is 7.51. The Balaban J connectivity index is 2.36. The lowest BCUT2D eigenvalue weighted by Gasteiger charge is -2.19. The van der Waals surface area contributed by atoms with Crippen LogP contribution in [0.4, 0.5) is 0 Å². The van der Waals surface area contributed by atoms with Crippen molar-refractivity contribution in [3.8, 4) is 0 Å². The van der Waals surface area contributed by atoms with Gasteiger partial charge in [0.2, 0.25) is 0 Å². The van der Waals surface area contributed by atoms with Crippen LogP contribution in [0.25, 0.3) is 0 Å². The van der Waals surface area contributed by atoms with Gasteiger partial charge in [0.15, 0.2) is 6.10 Å². The van der Waals surface area contributed by atoms with E-state index in [2.05, 4.69) is 26.0 Å². The third kappa shape index (κ3) is 28.2. The number of allylic oxidation sites excluding steroid dienone is 4. The zero-order chi connectivity index (χ0) is 40.4. The molecule has 0 aliphatic heterocycles. The number of aliphatic hydroxyl groups excluding tert-OH is 2. The SMILES string of the molecule is CCCCCCCC/C=C\CCCCCC/C=C/OC[C@H](COP(=O)(O)OCCN)OC(=O)CCCCCC[C@H]1[C@@H](O)CC(=O)[C@@H]1/C=C/[C@@H](O)CCCCC. The molecule has 0 aromatic heterocycles. The Morgan fingerprint density at radius 2 is 1.44 bits per heavy atom. The van der Waals surface area contributed by atoms with E-state index in [1.165, 1.54) is 57.8 Å². The van der Waals surface area contributed by atoms with Crippen LogP contribution in [0.2, 0.25) is 0 Å². The topological polar surface area (TPSA) is 175 Å². The number of phosphoric acid groups is 1.